The zero-order chi connectivity index (χ0) is 25.1. The maximum atomic E-state index is 13.1. The minimum Gasteiger partial charge on any atom is -0.345 e. The largest absolute Gasteiger partial charge is 0.405 e. The summed E-state index contributed by atoms with van der Waals surface area (Å²) in [5.41, 5.74) is 1.25. The third-order valence-corrected chi connectivity index (χ3v) is 5.16. The highest BCUT2D eigenvalue weighted by atomic mass is 19.4. The Labute approximate surface area is 194 Å². The van der Waals surface area contributed by atoms with Crippen molar-refractivity contribution in [3.63, 3.8) is 0 Å². The van der Waals surface area contributed by atoms with Crippen LogP contribution in [0.3, 0.4) is 0 Å². The molecule has 0 radical (unpaired) electrons. The summed E-state index contributed by atoms with van der Waals surface area (Å²) in [6.07, 6.45) is -4.57. The van der Waals surface area contributed by atoms with Crippen LogP contribution in [0.4, 0.5) is 13.2 Å². The molecule has 3 aromatic rings. The fraction of sp³-hybridized carbons (Fsp3) is 0.333. The lowest BCUT2D eigenvalue weighted by molar-refractivity contribution is -0.140. The predicted molar refractivity (Wildman–Crippen MR) is 120 cm³/mol. The summed E-state index contributed by atoms with van der Waals surface area (Å²) in [6.45, 7) is 3.77. The lowest BCUT2D eigenvalue weighted by Crippen LogP contribution is -2.54. The number of carbonyl (C=O) groups is 2. The smallest absolute Gasteiger partial charge is 0.345 e. The third-order valence-electron chi connectivity index (χ3n) is 5.16. The van der Waals surface area contributed by atoms with E-state index < -0.39 is 36.0 Å². The topological polar surface area (TPSA) is 99.8 Å². The molecule has 2 amide bonds. The van der Waals surface area contributed by atoms with Crippen molar-refractivity contribution in [3.05, 3.63) is 65.4 Å². The van der Waals surface area contributed by atoms with E-state index in [1.54, 1.807) is 74.0 Å². The summed E-state index contributed by atoms with van der Waals surface area (Å²) < 4.78 is 39.3. The van der Waals surface area contributed by atoms with E-state index in [0.29, 0.717) is 23.0 Å². The van der Waals surface area contributed by atoms with E-state index in [4.69, 9.17) is 5.26 Å². The average Bonchev–Trinajstić information content (AvgIpc) is 3.13. The second-order valence-electron chi connectivity index (χ2n) is 8.94. The van der Waals surface area contributed by atoms with Gasteiger partial charge in [0.1, 0.15) is 12.6 Å². The van der Waals surface area contributed by atoms with E-state index in [1.807, 2.05) is 5.32 Å². The van der Waals surface area contributed by atoms with Crippen molar-refractivity contribution in [2.45, 2.75) is 39.5 Å². The van der Waals surface area contributed by atoms with E-state index in [2.05, 4.69) is 16.5 Å². The molecule has 0 aliphatic carbocycles. The number of benzene rings is 2. The molecule has 3 rings (SSSR count). The van der Waals surface area contributed by atoms with Crippen LogP contribution in [0.1, 0.15) is 42.4 Å². The van der Waals surface area contributed by atoms with Gasteiger partial charge < -0.3 is 10.6 Å². The number of amides is 2. The first-order valence-electron chi connectivity index (χ1n) is 10.5. The highest BCUT2D eigenvalue weighted by molar-refractivity contribution is 6.06. The van der Waals surface area contributed by atoms with Crippen molar-refractivity contribution < 1.29 is 22.8 Å². The number of nitriles is 1. The van der Waals surface area contributed by atoms with Gasteiger partial charge in [-0.15, -0.1) is 0 Å². The van der Waals surface area contributed by atoms with Crippen LogP contribution in [0.15, 0.2) is 48.5 Å². The molecule has 0 saturated carbocycles. The van der Waals surface area contributed by atoms with Crippen LogP contribution >= 0.6 is 0 Å². The Balaban J connectivity index is 1.89. The van der Waals surface area contributed by atoms with Gasteiger partial charge >= 0.3 is 6.18 Å². The number of fused-ring (bicyclic) bond motifs is 1. The van der Waals surface area contributed by atoms with Gasteiger partial charge in [-0.25, -0.2) is 0 Å². The van der Waals surface area contributed by atoms with Gasteiger partial charge in [-0.2, -0.15) is 23.5 Å². The van der Waals surface area contributed by atoms with E-state index in [0.717, 1.165) is 5.56 Å². The molecule has 178 valence electrons. The molecule has 0 spiro atoms. The van der Waals surface area contributed by atoms with Crippen LogP contribution in [0, 0.1) is 16.7 Å². The number of hydrogen-bond donors (Lipinski definition) is 2. The predicted octanol–water partition coefficient (Wildman–Crippen LogP) is 3.78. The highest BCUT2D eigenvalue weighted by Gasteiger charge is 2.36. The first kappa shape index (κ1) is 24.8. The van der Waals surface area contributed by atoms with Crippen molar-refractivity contribution >= 4 is 22.7 Å². The van der Waals surface area contributed by atoms with Gasteiger partial charge in [-0.05, 0) is 29.2 Å². The summed E-state index contributed by atoms with van der Waals surface area (Å²) in [7, 11) is 0. The zero-order valence-corrected chi connectivity index (χ0v) is 18.9. The van der Waals surface area contributed by atoms with E-state index in [-0.39, 0.29) is 5.69 Å². The van der Waals surface area contributed by atoms with Gasteiger partial charge in [0, 0.05) is 5.39 Å². The molecule has 7 nitrogen and oxygen atoms in total. The molecule has 0 aliphatic heterocycles. The molecule has 1 aromatic heterocycles. The van der Waals surface area contributed by atoms with Gasteiger partial charge in [0.25, 0.3) is 5.91 Å². The molecule has 0 aliphatic rings. The number of halogens is 3. The van der Waals surface area contributed by atoms with Gasteiger partial charge in [-0.3, -0.25) is 14.3 Å². The summed E-state index contributed by atoms with van der Waals surface area (Å²) in [5, 5.41) is 18.3. The molecule has 2 aromatic carbocycles. The Hall–Kier alpha value is -3.87. The van der Waals surface area contributed by atoms with Crippen LogP contribution in [0.5, 0.6) is 0 Å². The number of hydrogen-bond acceptors (Lipinski definition) is 4. The monoisotopic (exact) mass is 471 g/mol. The minimum absolute atomic E-state index is 0.0575. The fourth-order valence-corrected chi connectivity index (χ4v) is 3.44. The maximum Gasteiger partial charge on any atom is 0.405 e. The minimum atomic E-state index is -4.57. The molecular weight excluding hydrogens is 447 g/mol. The molecule has 1 atom stereocenters. The third kappa shape index (κ3) is 5.92. The Morgan fingerprint density at radius 1 is 1.09 bits per heavy atom. The zero-order valence-electron chi connectivity index (χ0n) is 18.9. The summed E-state index contributed by atoms with van der Waals surface area (Å²) >= 11 is 0. The molecule has 0 saturated heterocycles. The highest BCUT2D eigenvalue weighted by Crippen LogP contribution is 2.23. The molecule has 10 heteroatoms. The maximum absolute atomic E-state index is 13.1. The number of rotatable bonds is 6. The summed E-state index contributed by atoms with van der Waals surface area (Å²) in [6, 6.07) is 14.8. The molecule has 0 bridgehead atoms. The van der Waals surface area contributed by atoms with Crippen LogP contribution in [0.25, 0.3) is 10.9 Å². The molecule has 0 fully saturated rings. The van der Waals surface area contributed by atoms with Crippen LogP contribution < -0.4 is 10.6 Å². The second kappa shape index (κ2) is 9.55. The van der Waals surface area contributed by atoms with Crippen LogP contribution in [0.2, 0.25) is 0 Å². The Kier molecular flexibility index (Phi) is 6.96. The van der Waals surface area contributed by atoms with Crippen molar-refractivity contribution in [2.24, 2.45) is 5.41 Å². The Morgan fingerprint density at radius 3 is 2.32 bits per heavy atom. The van der Waals surface area contributed by atoms with E-state index >= 15 is 0 Å². The van der Waals surface area contributed by atoms with Gasteiger partial charge in [0.15, 0.2) is 5.69 Å². The number of para-hydroxylation sites is 1. The second-order valence-corrected chi connectivity index (χ2v) is 8.94. The SMILES string of the molecule is CC(C)(C)[C@H](NC(=O)c1nn(Cc2ccc(C#N)cc2)c2ccccc12)C(=O)NCC(F)(F)F. The van der Waals surface area contributed by atoms with Crippen molar-refractivity contribution in [3.8, 4) is 6.07 Å². The molecule has 1 heterocycles. The lowest BCUT2D eigenvalue weighted by atomic mass is 9.86. The number of carbonyl (C=O) groups excluding carboxylic acids is 2. The molecule has 2 N–H and O–H groups in total. The quantitative estimate of drug-likeness (QED) is 0.572. The van der Waals surface area contributed by atoms with E-state index in [1.165, 1.54) is 0 Å². The van der Waals surface area contributed by atoms with E-state index in [9.17, 15) is 22.8 Å². The van der Waals surface area contributed by atoms with Crippen LogP contribution in [-0.2, 0) is 11.3 Å². The Bertz CT molecular complexity index is 1230. The van der Waals surface area contributed by atoms with Crippen molar-refractivity contribution in [1.29, 1.82) is 5.26 Å². The van der Waals surface area contributed by atoms with Gasteiger partial charge in [0.05, 0.1) is 23.7 Å². The number of nitrogens with zero attached hydrogens (tertiary/aromatic N) is 3. The van der Waals surface area contributed by atoms with Crippen molar-refractivity contribution in [1.82, 2.24) is 20.4 Å². The standard InChI is InChI=1S/C24H24F3N5O2/c1-23(2,3)20(22(34)29-14-24(25,26)27)30-21(33)19-17-6-4-5-7-18(17)32(31-19)13-16-10-8-15(12-28)9-11-16/h4-11,20H,13-14H2,1-3H3,(H,29,34)(H,30,33)/t20-/m1/s1. The molecular formula is C24H24F3N5O2. The van der Waals surface area contributed by atoms with Gasteiger partial charge in [-0.1, -0.05) is 51.1 Å². The normalized spacial score (nSPS) is 12.7. The summed E-state index contributed by atoms with van der Waals surface area (Å²) in [4.78, 5) is 25.6. The fourth-order valence-electron chi connectivity index (χ4n) is 3.44. The van der Waals surface area contributed by atoms with Crippen molar-refractivity contribution in [2.75, 3.05) is 6.54 Å². The summed E-state index contributed by atoms with van der Waals surface area (Å²) in [5.74, 6) is -1.60. The lowest BCUT2D eigenvalue weighted by Gasteiger charge is -2.30. The number of nitrogens with one attached hydrogen (secondary N) is 2. The Morgan fingerprint density at radius 2 is 1.74 bits per heavy atom. The number of alkyl halides is 3. The first-order chi connectivity index (χ1) is 15.9. The van der Waals surface area contributed by atoms with Gasteiger partial charge in [0.2, 0.25) is 5.91 Å². The first-order valence-corrected chi connectivity index (χ1v) is 10.5. The molecule has 34 heavy (non-hydrogen) atoms. The average molecular weight is 471 g/mol. The van der Waals surface area contributed by atoms with Crippen LogP contribution in [-0.4, -0.2) is 40.4 Å². The molecule has 0 unspecified atom stereocenters. The number of aromatic nitrogens is 2.